The van der Waals surface area contributed by atoms with Crippen LogP contribution < -0.4 is 14.4 Å². The number of fused-ring (bicyclic) bond motifs is 4. The predicted molar refractivity (Wildman–Crippen MR) is 147 cm³/mol. The fourth-order valence-corrected chi connectivity index (χ4v) is 6.70. The van der Waals surface area contributed by atoms with Crippen molar-refractivity contribution >= 4 is 33.4 Å². The summed E-state index contributed by atoms with van der Waals surface area (Å²) in [5.41, 5.74) is 4.29. The molecule has 3 aromatic rings. The molecule has 0 bridgehead atoms. The highest BCUT2D eigenvalue weighted by Gasteiger charge is 2.54. The van der Waals surface area contributed by atoms with E-state index in [0.717, 1.165) is 71.1 Å². The Morgan fingerprint density at radius 2 is 1.87 bits per heavy atom. The van der Waals surface area contributed by atoms with Crippen molar-refractivity contribution in [2.75, 3.05) is 39.2 Å². The van der Waals surface area contributed by atoms with Gasteiger partial charge in [0.25, 0.3) is 0 Å². The predicted octanol–water partition coefficient (Wildman–Crippen LogP) is 3.13. The van der Waals surface area contributed by atoms with Crippen molar-refractivity contribution in [2.24, 2.45) is 0 Å². The smallest absolute Gasteiger partial charge is 0.237 e. The highest BCUT2D eigenvalue weighted by Crippen LogP contribution is 2.55. The van der Waals surface area contributed by atoms with E-state index in [-0.39, 0.29) is 5.91 Å². The Bertz CT molecular complexity index is 1500. The number of thiol groups is 1. The lowest BCUT2D eigenvalue weighted by atomic mass is 9.64. The van der Waals surface area contributed by atoms with Crippen molar-refractivity contribution in [3.05, 3.63) is 47.8 Å². The molecular weight excluding hydrogens is 502 g/mol. The number of likely N-dealkylation sites (N-methyl/N-ethyl adjacent to an activating group) is 1. The number of hydrogen-bond acceptors (Lipinski definition) is 7. The summed E-state index contributed by atoms with van der Waals surface area (Å²) < 4.78 is 32.1. The molecule has 1 amide bonds. The van der Waals surface area contributed by atoms with E-state index in [1.807, 2.05) is 45.5 Å². The standard InChI is InChI=1S/C28H33N5O4S/c1-32(2)12-5-13-37-25-21(28(10-11-28)31-38(35)36)15-19(16-30-25)18-6-7-22-20(14-18)24-23(17-29-22)33(3)26(34)27(24)8-4-9-27/h6-7,14-17,38H,4-5,8-13H2,1-3H3,(H,31,35,36). The van der Waals surface area contributed by atoms with Crippen LogP contribution in [0.4, 0.5) is 5.69 Å². The van der Waals surface area contributed by atoms with Crippen molar-refractivity contribution in [2.45, 2.75) is 49.5 Å². The number of ether oxygens (including phenoxy) is 1. The normalized spacial score (nSPS) is 18.9. The third-order valence-electron chi connectivity index (χ3n) is 8.35. The zero-order valence-corrected chi connectivity index (χ0v) is 22.9. The quantitative estimate of drug-likeness (QED) is 0.320. The fraction of sp³-hybridized carbons (Fsp3) is 0.464. The zero-order chi connectivity index (χ0) is 26.7. The van der Waals surface area contributed by atoms with Gasteiger partial charge in [-0.15, -0.1) is 0 Å². The molecule has 3 heterocycles. The first-order valence-corrected chi connectivity index (χ1v) is 14.3. The Balaban J connectivity index is 1.42. The van der Waals surface area contributed by atoms with Gasteiger partial charge in [0.05, 0.1) is 35.0 Å². The van der Waals surface area contributed by atoms with Crippen LogP contribution in [0.2, 0.25) is 0 Å². The van der Waals surface area contributed by atoms with Gasteiger partial charge < -0.3 is 14.5 Å². The zero-order valence-electron chi connectivity index (χ0n) is 22.0. The molecule has 38 heavy (non-hydrogen) atoms. The number of pyridine rings is 2. The van der Waals surface area contributed by atoms with Crippen LogP contribution in [-0.4, -0.2) is 63.5 Å². The van der Waals surface area contributed by atoms with Gasteiger partial charge in [-0.2, -0.15) is 0 Å². The third kappa shape index (κ3) is 4.06. The lowest BCUT2D eigenvalue weighted by Gasteiger charge is -2.37. The molecule has 1 aliphatic heterocycles. The van der Waals surface area contributed by atoms with Crippen molar-refractivity contribution in [3.8, 4) is 17.0 Å². The van der Waals surface area contributed by atoms with Gasteiger partial charge in [-0.25, -0.2) is 18.1 Å². The van der Waals surface area contributed by atoms with Gasteiger partial charge in [0.15, 0.2) is 0 Å². The molecule has 1 N–H and O–H groups in total. The Morgan fingerprint density at radius 3 is 2.53 bits per heavy atom. The van der Waals surface area contributed by atoms with E-state index < -0.39 is 21.8 Å². The highest BCUT2D eigenvalue weighted by molar-refractivity contribution is 7.70. The highest BCUT2D eigenvalue weighted by atomic mass is 32.2. The number of aromatic nitrogens is 2. The minimum atomic E-state index is -2.78. The minimum Gasteiger partial charge on any atom is -0.477 e. The maximum Gasteiger partial charge on any atom is 0.237 e. The average molecular weight is 536 g/mol. The molecule has 0 radical (unpaired) electrons. The van der Waals surface area contributed by atoms with E-state index in [1.165, 1.54) is 0 Å². The van der Waals surface area contributed by atoms with Crippen molar-refractivity contribution in [1.29, 1.82) is 0 Å². The van der Waals surface area contributed by atoms with E-state index in [9.17, 15) is 13.2 Å². The van der Waals surface area contributed by atoms with Gasteiger partial charge in [-0.1, -0.05) is 12.5 Å². The first kappa shape index (κ1) is 25.2. The molecule has 2 aliphatic carbocycles. The summed E-state index contributed by atoms with van der Waals surface area (Å²) in [6, 6.07) is 8.11. The molecule has 1 spiro atoms. The van der Waals surface area contributed by atoms with Crippen LogP contribution in [0.25, 0.3) is 22.0 Å². The van der Waals surface area contributed by atoms with Crippen LogP contribution in [0.15, 0.2) is 36.7 Å². The van der Waals surface area contributed by atoms with E-state index in [1.54, 1.807) is 11.1 Å². The number of anilines is 1. The number of hydrogen-bond donors (Lipinski definition) is 2. The van der Waals surface area contributed by atoms with E-state index in [4.69, 9.17) is 4.74 Å². The van der Waals surface area contributed by atoms with Crippen LogP contribution in [0.3, 0.4) is 0 Å². The molecule has 0 saturated heterocycles. The SMILES string of the molecule is CN(C)CCCOc1ncc(-c2ccc3ncc4c(c3c2)C2(CCC2)C(=O)N4C)cc1C1(N[SH](=O)=O)CC1. The van der Waals surface area contributed by atoms with Crippen molar-refractivity contribution < 1.29 is 17.9 Å². The summed E-state index contributed by atoms with van der Waals surface area (Å²) in [7, 11) is 3.09. The van der Waals surface area contributed by atoms with Gasteiger partial charge in [0.1, 0.15) is 0 Å². The Morgan fingerprint density at radius 1 is 1.08 bits per heavy atom. The Kier molecular flexibility index (Phi) is 6.16. The van der Waals surface area contributed by atoms with Crippen LogP contribution in [0, 0.1) is 0 Å². The molecule has 0 unspecified atom stereocenters. The van der Waals surface area contributed by atoms with Crippen LogP contribution >= 0.6 is 0 Å². The first-order chi connectivity index (χ1) is 18.2. The number of carbonyl (C=O) groups excluding carboxylic acids is 1. The lowest BCUT2D eigenvalue weighted by Crippen LogP contribution is -2.43. The monoisotopic (exact) mass is 535 g/mol. The Hall–Kier alpha value is -3.08. The summed E-state index contributed by atoms with van der Waals surface area (Å²) in [5.74, 6) is 0.630. The van der Waals surface area contributed by atoms with Crippen molar-refractivity contribution in [1.82, 2.24) is 19.6 Å². The molecule has 6 rings (SSSR count). The maximum absolute atomic E-state index is 13.2. The van der Waals surface area contributed by atoms with Gasteiger partial charge >= 0.3 is 0 Å². The molecule has 1 aromatic carbocycles. The fourth-order valence-electron chi connectivity index (χ4n) is 6.01. The molecular formula is C28H33N5O4S. The van der Waals surface area contributed by atoms with Crippen LogP contribution in [-0.2, 0) is 26.6 Å². The topological polar surface area (TPSA) is 105 Å². The summed E-state index contributed by atoms with van der Waals surface area (Å²) in [6.07, 6.45) is 8.60. The Labute approximate surface area is 224 Å². The number of amides is 1. The largest absolute Gasteiger partial charge is 0.477 e. The summed E-state index contributed by atoms with van der Waals surface area (Å²) in [4.78, 5) is 26.4. The maximum atomic E-state index is 13.2. The first-order valence-electron chi connectivity index (χ1n) is 13.2. The molecule has 9 nitrogen and oxygen atoms in total. The number of carbonyl (C=O) groups is 1. The van der Waals surface area contributed by atoms with Gasteiger partial charge in [-0.3, -0.25) is 9.78 Å². The third-order valence-corrected chi connectivity index (χ3v) is 8.96. The van der Waals surface area contributed by atoms with E-state index >= 15 is 0 Å². The van der Waals surface area contributed by atoms with Gasteiger partial charge in [0.2, 0.25) is 22.7 Å². The molecule has 0 atom stereocenters. The minimum absolute atomic E-state index is 0.159. The molecule has 3 aliphatic rings. The summed E-state index contributed by atoms with van der Waals surface area (Å²) in [5, 5.41) is 0.991. The molecule has 200 valence electrons. The number of rotatable bonds is 9. The van der Waals surface area contributed by atoms with Crippen LogP contribution in [0.5, 0.6) is 5.88 Å². The van der Waals surface area contributed by atoms with Crippen LogP contribution in [0.1, 0.15) is 49.7 Å². The van der Waals surface area contributed by atoms with Gasteiger partial charge in [0, 0.05) is 41.9 Å². The molecule has 2 aromatic heterocycles. The molecule has 2 saturated carbocycles. The molecule has 2 fully saturated rings. The second-order valence-corrected chi connectivity index (χ2v) is 11.8. The number of nitrogens with zero attached hydrogens (tertiary/aromatic N) is 4. The lowest BCUT2D eigenvalue weighted by molar-refractivity contribution is -0.125. The van der Waals surface area contributed by atoms with Gasteiger partial charge in [-0.05, 0) is 70.0 Å². The second kappa shape index (κ2) is 9.29. The van der Waals surface area contributed by atoms with E-state index in [2.05, 4.69) is 25.7 Å². The molecule has 10 heteroatoms. The second-order valence-electron chi connectivity index (χ2n) is 11.1. The number of nitrogens with one attached hydrogen (secondary N) is 1. The summed E-state index contributed by atoms with van der Waals surface area (Å²) in [6.45, 7) is 1.38. The average Bonchev–Trinajstić information content (AvgIpc) is 3.59. The number of benzene rings is 1. The van der Waals surface area contributed by atoms with E-state index in [0.29, 0.717) is 25.3 Å². The summed E-state index contributed by atoms with van der Waals surface area (Å²) >= 11 is 0. The van der Waals surface area contributed by atoms with Crippen molar-refractivity contribution in [3.63, 3.8) is 0 Å².